The fraction of sp³-hybridized carbons (Fsp3) is 0.667. The van der Waals surface area contributed by atoms with Gasteiger partial charge in [0.05, 0.1) is 6.04 Å². The molecule has 0 aromatic carbocycles. The van der Waals surface area contributed by atoms with E-state index in [1.165, 1.54) is 4.57 Å². The molecule has 2 aromatic heterocycles. The van der Waals surface area contributed by atoms with Crippen LogP contribution < -0.4 is 17.0 Å². The van der Waals surface area contributed by atoms with Gasteiger partial charge in [0.1, 0.15) is 5.82 Å². The summed E-state index contributed by atoms with van der Waals surface area (Å²) in [5.74, 6) is 1.00. The molecular formula is C15H25N5O2. The minimum Gasteiger partial charge on any atom is -0.328 e. The molecule has 0 saturated carbocycles. The van der Waals surface area contributed by atoms with Crippen molar-refractivity contribution >= 4 is 11.2 Å². The van der Waals surface area contributed by atoms with Crippen LogP contribution in [-0.4, -0.2) is 25.2 Å². The van der Waals surface area contributed by atoms with Crippen LogP contribution in [0.4, 0.5) is 0 Å². The van der Waals surface area contributed by atoms with Crippen LogP contribution in [0, 0.1) is 0 Å². The molecular weight excluding hydrogens is 282 g/mol. The summed E-state index contributed by atoms with van der Waals surface area (Å²) in [5.41, 5.74) is 6.00. The molecule has 2 N–H and O–H groups in total. The highest BCUT2D eigenvalue weighted by atomic mass is 16.2. The van der Waals surface area contributed by atoms with Gasteiger partial charge in [0.15, 0.2) is 11.2 Å². The minimum atomic E-state index is -0.343. The minimum absolute atomic E-state index is 0.174. The number of hydrogen-bond acceptors (Lipinski definition) is 4. The zero-order chi connectivity index (χ0) is 16.6. The van der Waals surface area contributed by atoms with Crippen molar-refractivity contribution in [1.29, 1.82) is 0 Å². The molecule has 0 spiro atoms. The van der Waals surface area contributed by atoms with E-state index in [4.69, 9.17) is 5.73 Å². The number of hydrogen-bond donors (Lipinski definition) is 1. The van der Waals surface area contributed by atoms with Gasteiger partial charge in [0.2, 0.25) is 0 Å². The quantitative estimate of drug-likeness (QED) is 0.894. The van der Waals surface area contributed by atoms with Gasteiger partial charge in [0.25, 0.3) is 5.56 Å². The second kappa shape index (κ2) is 6.08. The first-order valence-electron chi connectivity index (χ1n) is 7.84. The molecule has 2 heterocycles. The molecule has 1 unspecified atom stereocenters. The van der Waals surface area contributed by atoms with Gasteiger partial charge < -0.3 is 10.3 Å². The number of fused-ring (bicyclic) bond motifs is 1. The molecule has 0 radical (unpaired) electrons. The average Bonchev–Trinajstić information content (AvgIpc) is 2.87. The predicted molar refractivity (Wildman–Crippen MR) is 87.5 cm³/mol. The van der Waals surface area contributed by atoms with Crippen LogP contribution >= 0.6 is 0 Å². The van der Waals surface area contributed by atoms with Gasteiger partial charge in [-0.1, -0.05) is 13.8 Å². The summed E-state index contributed by atoms with van der Waals surface area (Å²) in [5, 5.41) is 0. The number of aromatic nitrogens is 4. The molecule has 0 fully saturated rings. The first kappa shape index (κ1) is 16.5. The highest BCUT2D eigenvalue weighted by Gasteiger charge is 2.23. The van der Waals surface area contributed by atoms with E-state index in [0.717, 1.165) is 5.82 Å². The van der Waals surface area contributed by atoms with E-state index in [1.807, 2.05) is 32.3 Å². The lowest BCUT2D eigenvalue weighted by Gasteiger charge is -2.15. The molecule has 2 rings (SSSR count). The summed E-state index contributed by atoms with van der Waals surface area (Å²) in [6.45, 7) is 11.0. The number of rotatable bonds is 5. The maximum atomic E-state index is 12.9. The molecule has 0 saturated heterocycles. The van der Waals surface area contributed by atoms with Gasteiger partial charge >= 0.3 is 5.69 Å². The molecule has 1 atom stereocenters. The second-order valence-corrected chi connectivity index (χ2v) is 5.83. The Morgan fingerprint density at radius 3 is 2.14 bits per heavy atom. The van der Waals surface area contributed by atoms with Gasteiger partial charge in [-0.3, -0.25) is 13.9 Å². The van der Waals surface area contributed by atoms with Crippen molar-refractivity contribution in [2.75, 3.05) is 6.54 Å². The van der Waals surface area contributed by atoms with Crippen LogP contribution in [-0.2, 0) is 13.1 Å². The predicted octanol–water partition coefficient (Wildman–Crippen LogP) is 1.04. The maximum Gasteiger partial charge on any atom is 0.333 e. The van der Waals surface area contributed by atoms with Crippen LogP contribution in [0.15, 0.2) is 9.59 Å². The van der Waals surface area contributed by atoms with Gasteiger partial charge in [0, 0.05) is 25.6 Å². The van der Waals surface area contributed by atoms with Crippen LogP contribution in [0.3, 0.4) is 0 Å². The van der Waals surface area contributed by atoms with Crippen molar-refractivity contribution in [3.05, 3.63) is 26.7 Å². The summed E-state index contributed by atoms with van der Waals surface area (Å²) >= 11 is 0. The summed E-state index contributed by atoms with van der Waals surface area (Å²) in [6.07, 6.45) is 0. The monoisotopic (exact) mass is 307 g/mol. The van der Waals surface area contributed by atoms with Gasteiger partial charge in [-0.15, -0.1) is 0 Å². The third-order valence-corrected chi connectivity index (χ3v) is 4.02. The maximum absolute atomic E-state index is 12.9. The van der Waals surface area contributed by atoms with Gasteiger partial charge in [-0.05, 0) is 20.8 Å². The lowest BCUT2D eigenvalue weighted by molar-refractivity contribution is 0.491. The highest BCUT2D eigenvalue weighted by Crippen LogP contribution is 2.19. The Morgan fingerprint density at radius 2 is 1.68 bits per heavy atom. The topological polar surface area (TPSA) is 87.8 Å². The van der Waals surface area contributed by atoms with Crippen LogP contribution in [0.2, 0.25) is 0 Å². The lowest BCUT2D eigenvalue weighted by Crippen LogP contribution is -2.43. The Hall–Kier alpha value is -1.89. The molecule has 0 aliphatic rings. The standard InChI is InChI=1S/C15H25N5O2/c1-6-18-11-13(17-12(18)9(3)4)19(7-2)15(22)20(14(11)21)10(5)8-16/h9-10H,6-8,16H2,1-5H3. The zero-order valence-electron chi connectivity index (χ0n) is 14.0. The Labute approximate surface area is 129 Å². The van der Waals surface area contributed by atoms with Gasteiger partial charge in [-0.2, -0.15) is 0 Å². The largest absolute Gasteiger partial charge is 0.333 e. The normalized spacial score (nSPS) is 13.2. The molecule has 122 valence electrons. The first-order chi connectivity index (χ1) is 10.4. The van der Waals surface area contributed by atoms with E-state index in [1.54, 1.807) is 11.5 Å². The highest BCUT2D eigenvalue weighted by molar-refractivity contribution is 5.71. The number of imidazole rings is 1. The second-order valence-electron chi connectivity index (χ2n) is 5.83. The SMILES string of the molecule is CCn1c(C(C)C)nc2c1c(=O)n(C(C)CN)c(=O)n2CC. The van der Waals surface area contributed by atoms with E-state index >= 15 is 0 Å². The summed E-state index contributed by atoms with van der Waals surface area (Å²) < 4.78 is 4.72. The molecule has 22 heavy (non-hydrogen) atoms. The molecule has 0 aliphatic carbocycles. The number of aryl methyl sites for hydroxylation is 2. The van der Waals surface area contributed by atoms with E-state index in [2.05, 4.69) is 4.98 Å². The van der Waals surface area contributed by atoms with E-state index in [9.17, 15) is 9.59 Å². The summed E-state index contributed by atoms with van der Waals surface area (Å²) in [7, 11) is 0. The third kappa shape index (κ3) is 2.29. The molecule has 0 amide bonds. The van der Waals surface area contributed by atoms with Crippen molar-refractivity contribution in [3.63, 3.8) is 0 Å². The zero-order valence-corrected chi connectivity index (χ0v) is 14.0. The van der Waals surface area contributed by atoms with Crippen molar-refractivity contribution in [2.45, 2.75) is 59.7 Å². The average molecular weight is 307 g/mol. The fourth-order valence-electron chi connectivity index (χ4n) is 2.82. The first-order valence-corrected chi connectivity index (χ1v) is 7.84. The Balaban J connectivity index is 3.04. The van der Waals surface area contributed by atoms with Crippen LogP contribution in [0.5, 0.6) is 0 Å². The van der Waals surface area contributed by atoms with Crippen molar-refractivity contribution in [2.24, 2.45) is 5.73 Å². The summed E-state index contributed by atoms with van der Waals surface area (Å²) in [4.78, 5) is 30.1. The fourth-order valence-corrected chi connectivity index (χ4v) is 2.82. The molecule has 0 aliphatic heterocycles. The van der Waals surface area contributed by atoms with Crippen molar-refractivity contribution in [1.82, 2.24) is 18.7 Å². The smallest absolute Gasteiger partial charge is 0.328 e. The molecule has 7 nitrogen and oxygen atoms in total. The Bertz CT molecular complexity index is 797. The number of nitrogens with zero attached hydrogens (tertiary/aromatic N) is 4. The van der Waals surface area contributed by atoms with E-state index in [0.29, 0.717) is 24.3 Å². The third-order valence-electron chi connectivity index (χ3n) is 4.02. The number of nitrogens with two attached hydrogens (primary N) is 1. The summed E-state index contributed by atoms with van der Waals surface area (Å²) in [6, 6.07) is -0.343. The van der Waals surface area contributed by atoms with Crippen LogP contribution in [0.1, 0.15) is 52.4 Å². The molecule has 2 aromatic rings. The molecule has 0 bridgehead atoms. The van der Waals surface area contributed by atoms with E-state index < -0.39 is 0 Å². The van der Waals surface area contributed by atoms with Crippen molar-refractivity contribution in [3.8, 4) is 0 Å². The van der Waals surface area contributed by atoms with E-state index in [-0.39, 0.29) is 29.8 Å². The van der Waals surface area contributed by atoms with Crippen molar-refractivity contribution < 1.29 is 0 Å². The lowest BCUT2D eigenvalue weighted by atomic mass is 10.2. The molecule has 7 heteroatoms. The van der Waals surface area contributed by atoms with Gasteiger partial charge in [-0.25, -0.2) is 9.78 Å². The van der Waals surface area contributed by atoms with Crippen LogP contribution in [0.25, 0.3) is 11.2 Å². The Kier molecular flexibility index (Phi) is 4.55. The Morgan fingerprint density at radius 1 is 1.09 bits per heavy atom.